The Labute approximate surface area is 125 Å². The summed E-state index contributed by atoms with van der Waals surface area (Å²) in [6.45, 7) is 1.81. The van der Waals surface area contributed by atoms with Crippen LogP contribution < -0.4 is 10.9 Å². The van der Waals surface area contributed by atoms with Crippen LogP contribution in [0.1, 0.15) is 28.1 Å². The number of amides is 2. The number of rotatable bonds is 3. The molecule has 2 rings (SSSR count). The van der Waals surface area contributed by atoms with Crippen LogP contribution in [-0.4, -0.2) is 22.9 Å². The molecule has 0 saturated carbocycles. The Morgan fingerprint density at radius 1 is 1.19 bits per heavy atom. The van der Waals surface area contributed by atoms with Gasteiger partial charge in [-0.3, -0.25) is 25.2 Å². The van der Waals surface area contributed by atoms with Gasteiger partial charge in [0.2, 0.25) is 5.91 Å². The molecule has 2 atom stereocenters. The first-order valence-electron chi connectivity index (χ1n) is 6.52. The molecule has 1 aliphatic carbocycles. The predicted molar refractivity (Wildman–Crippen MR) is 77.7 cm³/mol. The Morgan fingerprint density at radius 2 is 1.86 bits per heavy atom. The molecule has 0 unspecified atom stereocenters. The van der Waals surface area contributed by atoms with Crippen LogP contribution in [0.4, 0.5) is 0 Å². The van der Waals surface area contributed by atoms with Crippen molar-refractivity contribution < 1.29 is 19.5 Å². The number of nitrogens with one attached hydrogen (secondary N) is 2. The van der Waals surface area contributed by atoms with Gasteiger partial charge in [-0.15, -0.1) is 11.3 Å². The lowest BCUT2D eigenvalue weighted by atomic mass is 9.82. The number of carbonyl (C=O) groups is 3. The number of carboxylic acid groups (broad SMARTS) is 1. The van der Waals surface area contributed by atoms with E-state index < -0.39 is 29.6 Å². The second-order valence-corrected chi connectivity index (χ2v) is 5.79. The summed E-state index contributed by atoms with van der Waals surface area (Å²) in [5, 5.41) is 10.9. The molecule has 1 aliphatic rings. The molecule has 0 radical (unpaired) electrons. The average Bonchev–Trinajstić information content (AvgIpc) is 2.90. The molecule has 2 amide bonds. The van der Waals surface area contributed by atoms with E-state index in [1.807, 2.05) is 6.07 Å². The molecule has 7 heteroatoms. The van der Waals surface area contributed by atoms with E-state index in [2.05, 4.69) is 10.9 Å². The van der Waals surface area contributed by atoms with E-state index in [0.717, 1.165) is 5.56 Å². The largest absolute Gasteiger partial charge is 0.481 e. The van der Waals surface area contributed by atoms with E-state index in [1.165, 1.54) is 11.3 Å². The van der Waals surface area contributed by atoms with Crippen LogP contribution in [0.5, 0.6) is 0 Å². The average molecular weight is 308 g/mol. The van der Waals surface area contributed by atoms with E-state index in [4.69, 9.17) is 5.11 Å². The summed E-state index contributed by atoms with van der Waals surface area (Å²) in [5.74, 6) is -3.30. The van der Waals surface area contributed by atoms with Gasteiger partial charge in [0, 0.05) is 0 Å². The highest BCUT2D eigenvalue weighted by molar-refractivity contribution is 7.12. The zero-order chi connectivity index (χ0) is 15.4. The van der Waals surface area contributed by atoms with Gasteiger partial charge >= 0.3 is 5.97 Å². The topological polar surface area (TPSA) is 95.5 Å². The van der Waals surface area contributed by atoms with Crippen molar-refractivity contribution in [2.45, 2.75) is 19.8 Å². The van der Waals surface area contributed by atoms with Gasteiger partial charge in [0.05, 0.1) is 16.7 Å². The fraction of sp³-hybridized carbons (Fsp3) is 0.357. The molecule has 6 nitrogen and oxygen atoms in total. The maximum absolute atomic E-state index is 12.1. The Hall–Kier alpha value is -2.15. The zero-order valence-electron chi connectivity index (χ0n) is 11.5. The molecular formula is C14H16N2O4S. The van der Waals surface area contributed by atoms with Gasteiger partial charge in [-0.05, 0) is 36.8 Å². The van der Waals surface area contributed by atoms with Crippen molar-refractivity contribution in [3.8, 4) is 0 Å². The van der Waals surface area contributed by atoms with Crippen molar-refractivity contribution in [2.75, 3.05) is 0 Å². The Kier molecular flexibility index (Phi) is 4.74. The SMILES string of the molecule is Cc1ccsc1C(=O)NNC(=O)[C@@H]1CC=CC[C@H]1C(=O)O. The molecule has 1 heterocycles. The molecule has 0 bridgehead atoms. The summed E-state index contributed by atoms with van der Waals surface area (Å²) in [4.78, 5) is 35.6. The molecule has 0 aliphatic heterocycles. The molecule has 3 N–H and O–H groups in total. The maximum atomic E-state index is 12.1. The smallest absolute Gasteiger partial charge is 0.307 e. The molecule has 0 fully saturated rings. The van der Waals surface area contributed by atoms with Crippen LogP contribution >= 0.6 is 11.3 Å². The Bertz CT molecular complexity index is 594. The summed E-state index contributed by atoms with van der Waals surface area (Å²) in [6, 6.07) is 1.81. The van der Waals surface area contributed by atoms with E-state index >= 15 is 0 Å². The fourth-order valence-corrected chi connectivity index (χ4v) is 3.07. The summed E-state index contributed by atoms with van der Waals surface area (Å²) in [6.07, 6.45) is 4.23. The van der Waals surface area contributed by atoms with Crippen molar-refractivity contribution in [2.24, 2.45) is 11.8 Å². The number of carboxylic acids is 1. The highest BCUT2D eigenvalue weighted by Gasteiger charge is 2.34. The molecule has 1 aromatic heterocycles. The summed E-state index contributed by atoms with van der Waals surface area (Å²) in [5.41, 5.74) is 5.49. The third-order valence-electron chi connectivity index (χ3n) is 3.45. The Balaban J connectivity index is 1.95. The van der Waals surface area contributed by atoms with Crippen LogP contribution in [0.15, 0.2) is 23.6 Å². The fourth-order valence-electron chi connectivity index (χ4n) is 2.25. The van der Waals surface area contributed by atoms with Crippen LogP contribution in [0, 0.1) is 18.8 Å². The van der Waals surface area contributed by atoms with Crippen molar-refractivity contribution >= 4 is 29.1 Å². The van der Waals surface area contributed by atoms with Crippen molar-refractivity contribution in [3.05, 3.63) is 34.0 Å². The quantitative estimate of drug-likeness (QED) is 0.582. The van der Waals surface area contributed by atoms with Crippen LogP contribution in [0.25, 0.3) is 0 Å². The number of hydrogen-bond donors (Lipinski definition) is 3. The van der Waals surface area contributed by atoms with Gasteiger partial charge in [-0.25, -0.2) is 0 Å². The van der Waals surface area contributed by atoms with Crippen molar-refractivity contribution in [1.29, 1.82) is 0 Å². The van der Waals surface area contributed by atoms with E-state index in [-0.39, 0.29) is 0 Å². The summed E-state index contributed by atoms with van der Waals surface area (Å²) >= 11 is 1.28. The van der Waals surface area contributed by atoms with Gasteiger partial charge in [0.1, 0.15) is 0 Å². The molecule has 1 aromatic rings. The molecule has 21 heavy (non-hydrogen) atoms. The highest BCUT2D eigenvalue weighted by atomic mass is 32.1. The number of thiophene rings is 1. The number of hydrazine groups is 1. The second kappa shape index (κ2) is 6.53. The van der Waals surface area contributed by atoms with Crippen LogP contribution in [-0.2, 0) is 9.59 Å². The van der Waals surface area contributed by atoms with E-state index in [0.29, 0.717) is 17.7 Å². The minimum Gasteiger partial charge on any atom is -0.481 e. The number of carbonyl (C=O) groups excluding carboxylic acids is 2. The maximum Gasteiger partial charge on any atom is 0.307 e. The van der Waals surface area contributed by atoms with Gasteiger partial charge < -0.3 is 5.11 Å². The molecule has 0 saturated heterocycles. The summed E-state index contributed by atoms with van der Waals surface area (Å²) < 4.78 is 0. The number of allylic oxidation sites excluding steroid dienone is 2. The number of aliphatic carboxylic acids is 1. The molecule has 0 spiro atoms. The monoisotopic (exact) mass is 308 g/mol. The summed E-state index contributed by atoms with van der Waals surface area (Å²) in [7, 11) is 0. The van der Waals surface area contributed by atoms with Crippen LogP contribution in [0.2, 0.25) is 0 Å². The number of hydrogen-bond acceptors (Lipinski definition) is 4. The zero-order valence-corrected chi connectivity index (χ0v) is 12.3. The minimum atomic E-state index is -1.00. The van der Waals surface area contributed by atoms with Crippen LogP contribution in [0.3, 0.4) is 0 Å². The van der Waals surface area contributed by atoms with Gasteiger partial charge in [-0.2, -0.15) is 0 Å². The van der Waals surface area contributed by atoms with Gasteiger partial charge in [0.25, 0.3) is 5.91 Å². The normalized spacial score (nSPS) is 20.8. The third-order valence-corrected chi connectivity index (χ3v) is 4.47. The van der Waals surface area contributed by atoms with E-state index in [1.54, 1.807) is 24.5 Å². The Morgan fingerprint density at radius 3 is 2.43 bits per heavy atom. The molecule has 0 aromatic carbocycles. The van der Waals surface area contributed by atoms with Gasteiger partial charge in [0.15, 0.2) is 0 Å². The van der Waals surface area contributed by atoms with Crippen molar-refractivity contribution in [1.82, 2.24) is 10.9 Å². The minimum absolute atomic E-state index is 0.325. The molecular weight excluding hydrogens is 292 g/mol. The van der Waals surface area contributed by atoms with Crippen molar-refractivity contribution in [3.63, 3.8) is 0 Å². The lowest BCUT2D eigenvalue weighted by Gasteiger charge is -2.24. The first kappa shape index (κ1) is 15.2. The predicted octanol–water partition coefficient (Wildman–Crippen LogP) is 1.48. The first-order valence-corrected chi connectivity index (χ1v) is 7.40. The third kappa shape index (κ3) is 3.49. The molecule has 112 valence electrons. The van der Waals surface area contributed by atoms with Gasteiger partial charge in [-0.1, -0.05) is 12.2 Å². The lowest BCUT2D eigenvalue weighted by Crippen LogP contribution is -2.47. The highest BCUT2D eigenvalue weighted by Crippen LogP contribution is 2.25. The standard InChI is InChI=1S/C14H16N2O4S/c1-8-6-7-21-11(8)13(18)16-15-12(17)9-4-2-3-5-10(9)14(19)20/h2-3,6-7,9-10H,4-5H2,1H3,(H,15,17)(H,16,18)(H,19,20)/t9-,10-/m1/s1. The lowest BCUT2D eigenvalue weighted by molar-refractivity contribution is -0.147. The number of aryl methyl sites for hydroxylation is 1. The van der Waals surface area contributed by atoms with E-state index in [9.17, 15) is 14.4 Å². The first-order chi connectivity index (χ1) is 10.0. The second-order valence-electron chi connectivity index (χ2n) is 4.87.